The molecule has 148 valence electrons. The minimum atomic E-state index is -4.74. The Bertz CT molecular complexity index is 930. The lowest BCUT2D eigenvalue weighted by Crippen LogP contribution is -2.17. The number of benzene rings is 2. The number of methoxy groups -OCH3 is 3. The van der Waals surface area contributed by atoms with Gasteiger partial charge in [0.25, 0.3) is 0 Å². The molecule has 0 spiro atoms. The Morgan fingerprint density at radius 2 is 1.50 bits per heavy atom. The third-order valence-electron chi connectivity index (χ3n) is 3.79. The summed E-state index contributed by atoms with van der Waals surface area (Å²) >= 11 is 0. The van der Waals surface area contributed by atoms with E-state index in [4.69, 9.17) is 14.2 Å². The van der Waals surface area contributed by atoms with Crippen LogP contribution >= 0.6 is 0 Å². The van der Waals surface area contributed by atoms with Gasteiger partial charge in [-0.15, -0.1) is 18.3 Å². The summed E-state index contributed by atoms with van der Waals surface area (Å²) in [5.41, 5.74) is 1.69. The van der Waals surface area contributed by atoms with Crippen molar-refractivity contribution in [1.29, 1.82) is 0 Å². The maximum atomic E-state index is 12.3. The van der Waals surface area contributed by atoms with Gasteiger partial charge in [0, 0.05) is 5.56 Å². The zero-order valence-electron chi connectivity index (χ0n) is 15.1. The third-order valence-corrected chi connectivity index (χ3v) is 3.79. The summed E-state index contributed by atoms with van der Waals surface area (Å²) in [4.78, 5) is 0. The van der Waals surface area contributed by atoms with Crippen molar-refractivity contribution in [3.8, 4) is 39.9 Å². The van der Waals surface area contributed by atoms with Gasteiger partial charge in [-0.2, -0.15) is 0 Å². The molecule has 1 aromatic heterocycles. The van der Waals surface area contributed by atoms with Crippen molar-refractivity contribution in [3.05, 3.63) is 42.6 Å². The first-order valence-electron chi connectivity index (χ1n) is 7.93. The molecule has 0 atom stereocenters. The van der Waals surface area contributed by atoms with Crippen molar-refractivity contribution in [1.82, 2.24) is 15.0 Å². The van der Waals surface area contributed by atoms with Crippen molar-refractivity contribution >= 4 is 0 Å². The van der Waals surface area contributed by atoms with Crippen LogP contribution < -0.4 is 18.9 Å². The van der Waals surface area contributed by atoms with E-state index in [2.05, 4.69) is 15.0 Å². The molecule has 0 bridgehead atoms. The maximum absolute atomic E-state index is 12.3. The number of nitrogens with zero attached hydrogens (tertiary/aromatic N) is 3. The molecule has 0 fully saturated rings. The van der Waals surface area contributed by atoms with Crippen LogP contribution in [-0.2, 0) is 0 Å². The lowest BCUT2D eigenvalue weighted by Gasteiger charge is -2.13. The van der Waals surface area contributed by atoms with E-state index in [1.165, 1.54) is 50.3 Å². The molecule has 0 saturated heterocycles. The van der Waals surface area contributed by atoms with E-state index in [9.17, 15) is 13.2 Å². The number of alkyl halides is 3. The Hall–Kier alpha value is -3.43. The predicted octanol–water partition coefficient (Wildman–Crippen LogP) is 3.86. The van der Waals surface area contributed by atoms with Crippen LogP contribution in [0.2, 0.25) is 0 Å². The third kappa shape index (κ3) is 4.11. The second kappa shape index (κ2) is 7.67. The molecular formula is C18H16F3N3O4. The Kier molecular flexibility index (Phi) is 5.30. The van der Waals surface area contributed by atoms with Crippen LogP contribution in [-0.4, -0.2) is 42.7 Å². The normalized spacial score (nSPS) is 11.2. The molecule has 0 aliphatic heterocycles. The average Bonchev–Trinajstić information content (AvgIpc) is 3.16. The molecule has 3 rings (SSSR count). The number of aromatic nitrogens is 3. The Balaban J connectivity index is 1.90. The fraction of sp³-hybridized carbons (Fsp3) is 0.222. The topological polar surface area (TPSA) is 67.6 Å². The number of ether oxygens (including phenoxy) is 4. The van der Waals surface area contributed by atoms with Gasteiger partial charge in [-0.1, -0.05) is 5.21 Å². The molecule has 0 saturated carbocycles. The van der Waals surface area contributed by atoms with Gasteiger partial charge >= 0.3 is 6.36 Å². The first-order valence-corrected chi connectivity index (χ1v) is 7.93. The van der Waals surface area contributed by atoms with Crippen LogP contribution in [0, 0.1) is 0 Å². The minimum absolute atomic E-state index is 0.318. The highest BCUT2D eigenvalue weighted by Crippen LogP contribution is 2.40. The fourth-order valence-corrected chi connectivity index (χ4v) is 2.55. The predicted molar refractivity (Wildman–Crippen MR) is 93.1 cm³/mol. The van der Waals surface area contributed by atoms with Crippen LogP contribution in [0.25, 0.3) is 16.9 Å². The number of hydrogen-bond donors (Lipinski definition) is 0. The molecule has 0 aliphatic carbocycles. The quantitative estimate of drug-likeness (QED) is 0.632. The summed E-state index contributed by atoms with van der Waals surface area (Å²) in [6.07, 6.45) is -3.12. The van der Waals surface area contributed by atoms with Gasteiger partial charge in [-0.05, 0) is 36.4 Å². The van der Waals surface area contributed by atoms with Crippen molar-refractivity contribution in [2.45, 2.75) is 6.36 Å². The van der Waals surface area contributed by atoms with Gasteiger partial charge in [0.2, 0.25) is 5.75 Å². The molecule has 0 N–H and O–H groups in total. The summed E-state index contributed by atoms with van der Waals surface area (Å²) in [6.45, 7) is 0. The van der Waals surface area contributed by atoms with Crippen LogP contribution in [0.5, 0.6) is 23.0 Å². The summed E-state index contributed by atoms with van der Waals surface area (Å²) in [6, 6.07) is 8.71. The number of hydrogen-bond acceptors (Lipinski definition) is 6. The Morgan fingerprint density at radius 3 is 2.00 bits per heavy atom. The summed E-state index contributed by atoms with van der Waals surface area (Å²) in [7, 11) is 4.51. The molecule has 2 aromatic carbocycles. The Morgan fingerprint density at radius 1 is 0.893 bits per heavy atom. The lowest BCUT2D eigenvalue weighted by atomic mass is 10.1. The smallest absolute Gasteiger partial charge is 0.493 e. The summed E-state index contributed by atoms with van der Waals surface area (Å²) in [5, 5.41) is 8.11. The van der Waals surface area contributed by atoms with Crippen LogP contribution in [0.4, 0.5) is 13.2 Å². The van der Waals surface area contributed by atoms with Crippen molar-refractivity contribution in [2.75, 3.05) is 21.3 Å². The molecule has 0 amide bonds. The molecule has 0 aliphatic rings. The highest BCUT2D eigenvalue weighted by molar-refractivity contribution is 5.68. The van der Waals surface area contributed by atoms with Crippen molar-refractivity contribution in [2.24, 2.45) is 0 Å². The molecule has 3 aromatic rings. The monoisotopic (exact) mass is 395 g/mol. The van der Waals surface area contributed by atoms with Crippen LogP contribution in [0.15, 0.2) is 42.6 Å². The highest BCUT2D eigenvalue weighted by atomic mass is 19.4. The molecule has 1 heterocycles. The van der Waals surface area contributed by atoms with Gasteiger partial charge < -0.3 is 18.9 Å². The minimum Gasteiger partial charge on any atom is -0.493 e. The molecular weight excluding hydrogens is 379 g/mol. The van der Waals surface area contributed by atoms with E-state index >= 15 is 0 Å². The first-order chi connectivity index (χ1) is 13.3. The Labute approximate surface area is 158 Å². The van der Waals surface area contributed by atoms with Gasteiger partial charge in [0.05, 0.1) is 33.2 Å². The molecule has 0 radical (unpaired) electrons. The lowest BCUT2D eigenvalue weighted by molar-refractivity contribution is -0.274. The largest absolute Gasteiger partial charge is 0.573 e. The van der Waals surface area contributed by atoms with E-state index in [0.717, 1.165) is 0 Å². The van der Waals surface area contributed by atoms with Gasteiger partial charge in [-0.25, -0.2) is 4.68 Å². The SMILES string of the molecule is COc1cc(-c2cn(-c3ccc(OC(F)(F)F)cc3)nn2)cc(OC)c1OC. The van der Waals surface area contributed by atoms with Crippen molar-refractivity contribution < 1.29 is 32.1 Å². The molecule has 0 unspecified atom stereocenters. The van der Waals surface area contributed by atoms with E-state index in [1.54, 1.807) is 18.3 Å². The first kappa shape index (κ1) is 19.3. The highest BCUT2D eigenvalue weighted by Gasteiger charge is 2.31. The zero-order valence-corrected chi connectivity index (χ0v) is 15.1. The fourth-order valence-electron chi connectivity index (χ4n) is 2.55. The number of halogens is 3. The molecule has 10 heteroatoms. The zero-order chi connectivity index (χ0) is 20.3. The second-order valence-electron chi connectivity index (χ2n) is 5.50. The van der Waals surface area contributed by atoms with Crippen LogP contribution in [0.3, 0.4) is 0 Å². The van der Waals surface area contributed by atoms with Crippen molar-refractivity contribution in [3.63, 3.8) is 0 Å². The van der Waals surface area contributed by atoms with E-state index in [-0.39, 0.29) is 5.75 Å². The average molecular weight is 395 g/mol. The molecule has 7 nitrogen and oxygen atoms in total. The second-order valence-corrected chi connectivity index (χ2v) is 5.50. The van der Waals surface area contributed by atoms with E-state index in [0.29, 0.717) is 34.2 Å². The van der Waals surface area contributed by atoms with E-state index in [1.807, 2.05) is 0 Å². The van der Waals surface area contributed by atoms with Gasteiger partial charge in [0.15, 0.2) is 11.5 Å². The summed E-state index contributed by atoms with van der Waals surface area (Å²) < 4.78 is 58.0. The summed E-state index contributed by atoms with van der Waals surface area (Å²) in [5.74, 6) is 1.04. The van der Waals surface area contributed by atoms with Gasteiger partial charge in [0.1, 0.15) is 11.4 Å². The van der Waals surface area contributed by atoms with Crippen LogP contribution in [0.1, 0.15) is 0 Å². The molecule has 28 heavy (non-hydrogen) atoms. The maximum Gasteiger partial charge on any atom is 0.573 e. The number of rotatable bonds is 6. The standard InChI is InChI=1S/C18H16F3N3O4/c1-25-15-8-11(9-16(26-2)17(15)27-3)14-10-24(23-22-14)12-4-6-13(7-5-12)28-18(19,20)21/h4-10H,1-3H3. The van der Waals surface area contributed by atoms with E-state index < -0.39 is 6.36 Å². The van der Waals surface area contributed by atoms with Gasteiger partial charge in [-0.3, -0.25) is 0 Å².